The predicted octanol–water partition coefficient (Wildman–Crippen LogP) is -0.592. The molecule has 0 radical (unpaired) electrons. The largest absolute Gasteiger partial charge is 0.352 e. The number of nitrogens with zero attached hydrogens (tertiary/aromatic N) is 1. The minimum Gasteiger partial charge on any atom is -0.352 e. The van der Waals surface area contributed by atoms with Crippen LogP contribution in [0.1, 0.15) is 12.8 Å². The molecule has 17 heavy (non-hydrogen) atoms. The van der Waals surface area contributed by atoms with Crippen LogP contribution in [0, 0.1) is 5.92 Å². The fourth-order valence-electron chi connectivity index (χ4n) is 1.95. The van der Waals surface area contributed by atoms with Gasteiger partial charge in [-0.1, -0.05) is 6.08 Å². The second kappa shape index (κ2) is 6.90. The molecule has 0 saturated carbocycles. The molecular weight excluding hydrogens is 220 g/mol. The lowest BCUT2D eigenvalue weighted by Gasteiger charge is -2.32. The zero-order valence-corrected chi connectivity index (χ0v) is 9.89. The van der Waals surface area contributed by atoms with E-state index in [0.29, 0.717) is 19.6 Å². The van der Waals surface area contributed by atoms with Crippen molar-refractivity contribution in [2.45, 2.75) is 12.8 Å². The average Bonchev–Trinajstić information content (AvgIpc) is 2.33. The van der Waals surface area contributed by atoms with Gasteiger partial charge in [0.2, 0.25) is 5.91 Å². The highest BCUT2D eigenvalue weighted by atomic mass is 16.2. The normalized spacial score (nSPS) is 20.5. The lowest BCUT2D eigenvalue weighted by atomic mass is 9.98. The lowest BCUT2D eigenvalue weighted by Crippen LogP contribution is -2.44. The first-order chi connectivity index (χ1) is 8.13. The standard InChI is InChI=1S/C11H20N4O2/c12-5-1-4-10(16)15-6-2-3-9(8-15)7-14-11(13)17/h1,4,9H,2-3,5-8,12H2,(H3,13,14,17)/b4-1+. The molecule has 96 valence electrons. The number of nitrogens with two attached hydrogens (primary N) is 2. The van der Waals surface area contributed by atoms with E-state index in [1.165, 1.54) is 6.08 Å². The highest BCUT2D eigenvalue weighted by Gasteiger charge is 2.22. The van der Waals surface area contributed by atoms with Crippen LogP contribution in [-0.2, 0) is 4.79 Å². The van der Waals surface area contributed by atoms with E-state index in [1.807, 2.05) is 0 Å². The summed E-state index contributed by atoms with van der Waals surface area (Å²) in [7, 11) is 0. The summed E-state index contributed by atoms with van der Waals surface area (Å²) in [5, 5.41) is 2.58. The number of urea groups is 1. The van der Waals surface area contributed by atoms with Crippen LogP contribution in [0.5, 0.6) is 0 Å². The van der Waals surface area contributed by atoms with Gasteiger partial charge in [0, 0.05) is 32.3 Å². The van der Waals surface area contributed by atoms with E-state index in [9.17, 15) is 9.59 Å². The molecular formula is C11H20N4O2. The number of likely N-dealkylation sites (tertiary alicyclic amines) is 1. The van der Waals surface area contributed by atoms with Gasteiger partial charge in [0.1, 0.15) is 0 Å². The topological polar surface area (TPSA) is 101 Å². The predicted molar refractivity (Wildman–Crippen MR) is 65.1 cm³/mol. The Morgan fingerprint density at radius 3 is 2.88 bits per heavy atom. The van der Waals surface area contributed by atoms with Crippen molar-refractivity contribution in [3.8, 4) is 0 Å². The molecule has 0 spiro atoms. The molecule has 1 rings (SSSR count). The van der Waals surface area contributed by atoms with E-state index in [0.717, 1.165) is 19.4 Å². The maximum atomic E-state index is 11.7. The van der Waals surface area contributed by atoms with Crippen molar-refractivity contribution in [3.63, 3.8) is 0 Å². The molecule has 1 heterocycles. The smallest absolute Gasteiger partial charge is 0.312 e. The van der Waals surface area contributed by atoms with Gasteiger partial charge < -0.3 is 21.7 Å². The molecule has 0 bridgehead atoms. The number of amides is 3. The highest BCUT2D eigenvalue weighted by molar-refractivity contribution is 5.87. The Labute approximate surface area is 101 Å². The molecule has 1 atom stereocenters. The van der Waals surface area contributed by atoms with Gasteiger partial charge in [-0.3, -0.25) is 4.79 Å². The summed E-state index contributed by atoms with van der Waals surface area (Å²) in [6, 6.07) is -0.517. The Morgan fingerprint density at radius 1 is 1.47 bits per heavy atom. The van der Waals surface area contributed by atoms with Gasteiger partial charge in [0.25, 0.3) is 0 Å². The molecule has 0 aliphatic carbocycles. The summed E-state index contributed by atoms with van der Waals surface area (Å²) in [5.41, 5.74) is 10.3. The molecule has 1 fully saturated rings. The number of hydrogen-bond donors (Lipinski definition) is 3. The van der Waals surface area contributed by atoms with Gasteiger partial charge in [-0.2, -0.15) is 0 Å². The van der Waals surface area contributed by atoms with Crippen molar-refractivity contribution < 1.29 is 9.59 Å². The van der Waals surface area contributed by atoms with Crippen LogP contribution in [-0.4, -0.2) is 43.0 Å². The van der Waals surface area contributed by atoms with E-state index in [4.69, 9.17) is 11.5 Å². The van der Waals surface area contributed by atoms with E-state index in [1.54, 1.807) is 11.0 Å². The average molecular weight is 240 g/mol. The quantitative estimate of drug-likeness (QED) is 0.572. The zero-order valence-electron chi connectivity index (χ0n) is 9.89. The first-order valence-corrected chi connectivity index (χ1v) is 5.82. The summed E-state index contributed by atoms with van der Waals surface area (Å²) < 4.78 is 0. The Balaban J connectivity index is 2.40. The summed E-state index contributed by atoms with van der Waals surface area (Å²) in [6.45, 7) is 2.32. The SMILES string of the molecule is NC/C=C/C(=O)N1CCCC(CNC(N)=O)C1. The molecule has 6 nitrogen and oxygen atoms in total. The minimum absolute atomic E-state index is 0.0146. The molecule has 1 saturated heterocycles. The fraction of sp³-hybridized carbons (Fsp3) is 0.636. The van der Waals surface area contributed by atoms with Crippen LogP contribution >= 0.6 is 0 Å². The number of nitrogens with one attached hydrogen (secondary N) is 1. The molecule has 0 aromatic rings. The lowest BCUT2D eigenvalue weighted by molar-refractivity contribution is -0.127. The van der Waals surface area contributed by atoms with E-state index >= 15 is 0 Å². The number of piperidine rings is 1. The van der Waals surface area contributed by atoms with Crippen LogP contribution in [0.4, 0.5) is 4.79 Å². The van der Waals surface area contributed by atoms with Gasteiger partial charge in [-0.25, -0.2) is 4.79 Å². The number of primary amides is 1. The molecule has 5 N–H and O–H groups in total. The number of carbonyl (C=O) groups excluding carboxylic acids is 2. The maximum absolute atomic E-state index is 11.7. The summed E-state index contributed by atoms with van der Waals surface area (Å²) in [5.74, 6) is 0.269. The summed E-state index contributed by atoms with van der Waals surface area (Å²) >= 11 is 0. The Morgan fingerprint density at radius 2 is 2.24 bits per heavy atom. The molecule has 1 aliphatic heterocycles. The van der Waals surface area contributed by atoms with Crippen molar-refractivity contribution in [2.24, 2.45) is 17.4 Å². The summed E-state index contributed by atoms with van der Waals surface area (Å²) in [4.78, 5) is 24.1. The van der Waals surface area contributed by atoms with Crippen molar-refractivity contribution in [2.75, 3.05) is 26.2 Å². The van der Waals surface area contributed by atoms with Crippen molar-refractivity contribution in [1.29, 1.82) is 0 Å². The second-order valence-electron chi connectivity index (χ2n) is 4.18. The molecule has 0 aromatic heterocycles. The Bertz CT molecular complexity index is 304. The fourth-order valence-corrected chi connectivity index (χ4v) is 1.95. The van der Waals surface area contributed by atoms with E-state index in [2.05, 4.69) is 5.32 Å². The van der Waals surface area contributed by atoms with Crippen molar-refractivity contribution >= 4 is 11.9 Å². The Hall–Kier alpha value is -1.56. The minimum atomic E-state index is -0.517. The van der Waals surface area contributed by atoms with Gasteiger partial charge in [-0.05, 0) is 18.8 Å². The first-order valence-electron chi connectivity index (χ1n) is 5.82. The number of carbonyl (C=O) groups is 2. The van der Waals surface area contributed by atoms with Crippen LogP contribution in [0.25, 0.3) is 0 Å². The van der Waals surface area contributed by atoms with E-state index in [-0.39, 0.29) is 11.8 Å². The van der Waals surface area contributed by atoms with Crippen molar-refractivity contribution in [3.05, 3.63) is 12.2 Å². The zero-order chi connectivity index (χ0) is 12.7. The number of hydrogen-bond acceptors (Lipinski definition) is 3. The second-order valence-corrected chi connectivity index (χ2v) is 4.18. The molecule has 6 heteroatoms. The maximum Gasteiger partial charge on any atom is 0.312 e. The van der Waals surface area contributed by atoms with Gasteiger partial charge >= 0.3 is 6.03 Å². The number of rotatable bonds is 4. The summed E-state index contributed by atoms with van der Waals surface area (Å²) in [6.07, 6.45) is 5.11. The van der Waals surface area contributed by atoms with Crippen LogP contribution in [0.3, 0.4) is 0 Å². The van der Waals surface area contributed by atoms with Crippen LogP contribution < -0.4 is 16.8 Å². The first kappa shape index (κ1) is 13.5. The molecule has 0 aromatic carbocycles. The third-order valence-electron chi connectivity index (χ3n) is 2.79. The van der Waals surface area contributed by atoms with Crippen molar-refractivity contribution in [1.82, 2.24) is 10.2 Å². The van der Waals surface area contributed by atoms with Gasteiger partial charge in [-0.15, -0.1) is 0 Å². The Kier molecular flexibility index (Phi) is 5.48. The molecule has 3 amide bonds. The van der Waals surface area contributed by atoms with Gasteiger partial charge in [0.15, 0.2) is 0 Å². The monoisotopic (exact) mass is 240 g/mol. The third-order valence-corrected chi connectivity index (χ3v) is 2.79. The van der Waals surface area contributed by atoms with Crippen LogP contribution in [0.2, 0.25) is 0 Å². The molecule has 1 unspecified atom stereocenters. The highest BCUT2D eigenvalue weighted by Crippen LogP contribution is 2.15. The molecule has 1 aliphatic rings. The third kappa shape index (κ3) is 4.86. The van der Waals surface area contributed by atoms with Crippen LogP contribution in [0.15, 0.2) is 12.2 Å². The van der Waals surface area contributed by atoms with E-state index < -0.39 is 6.03 Å². The van der Waals surface area contributed by atoms with Gasteiger partial charge in [0.05, 0.1) is 0 Å².